The van der Waals surface area contributed by atoms with Crippen LogP contribution in [-0.2, 0) is 13.1 Å². The van der Waals surface area contributed by atoms with E-state index in [1.807, 2.05) is 47.1 Å². The number of nitriles is 1. The van der Waals surface area contributed by atoms with Gasteiger partial charge in [0.05, 0.1) is 22.3 Å². The molecule has 5 heteroatoms. The zero-order chi connectivity index (χ0) is 14.7. The molecular weight excluding hydrogens is 284 g/mol. The number of hydrogen-bond acceptors (Lipinski definition) is 3. The molecule has 21 heavy (non-hydrogen) atoms. The van der Waals surface area contributed by atoms with Crippen molar-refractivity contribution in [2.75, 3.05) is 0 Å². The molecule has 2 aromatic heterocycles. The van der Waals surface area contributed by atoms with Gasteiger partial charge < -0.3 is 9.72 Å². The van der Waals surface area contributed by atoms with Crippen LogP contribution in [0.15, 0.2) is 48.8 Å². The highest BCUT2D eigenvalue weighted by Crippen LogP contribution is 2.12. The monoisotopic (exact) mass is 296 g/mol. The largest absolute Gasteiger partial charge is 0.307 e. The summed E-state index contributed by atoms with van der Waals surface area (Å²) in [6, 6.07) is 13.4. The van der Waals surface area contributed by atoms with E-state index < -0.39 is 0 Å². The molecule has 0 saturated heterocycles. The molecule has 4 nitrogen and oxygen atoms in total. The minimum Gasteiger partial charge on any atom is -0.307 e. The van der Waals surface area contributed by atoms with E-state index in [2.05, 4.69) is 16.4 Å². The quantitative estimate of drug-likeness (QED) is 0.804. The Hall–Kier alpha value is -2.35. The summed E-state index contributed by atoms with van der Waals surface area (Å²) in [5.74, 6) is 0. The van der Waals surface area contributed by atoms with Crippen molar-refractivity contribution in [3.8, 4) is 6.07 Å². The van der Waals surface area contributed by atoms with Gasteiger partial charge in [-0.3, -0.25) is 0 Å². The minimum absolute atomic E-state index is 0.663. The number of hydrogen-bond donors (Lipinski definition) is 1. The maximum atomic E-state index is 8.87. The molecule has 3 aromatic rings. The lowest BCUT2D eigenvalue weighted by atomic mass is 10.1. The van der Waals surface area contributed by atoms with Crippen molar-refractivity contribution < 1.29 is 0 Å². The first-order chi connectivity index (χ1) is 10.2. The predicted octanol–water partition coefficient (Wildman–Crippen LogP) is 3.15. The second kappa shape index (κ2) is 5.96. The molecule has 0 aliphatic rings. The number of fused-ring (bicyclic) bond motifs is 1. The summed E-state index contributed by atoms with van der Waals surface area (Å²) in [5, 5.41) is 12.9. The van der Waals surface area contributed by atoms with Crippen LogP contribution in [0.5, 0.6) is 0 Å². The standard InChI is InChI=1S/C16H13ClN4/c17-14-4-5-16-20-15(11-21(16)10-14)9-19-8-13-3-1-2-12(6-13)7-18/h1-6,10-11,19H,8-9H2. The van der Waals surface area contributed by atoms with Gasteiger partial charge in [0.25, 0.3) is 0 Å². The number of aromatic nitrogens is 2. The second-order valence-corrected chi connectivity index (χ2v) is 5.20. The summed E-state index contributed by atoms with van der Waals surface area (Å²) in [4.78, 5) is 4.51. The smallest absolute Gasteiger partial charge is 0.137 e. The molecular formula is C16H13ClN4. The normalized spacial score (nSPS) is 10.7. The number of nitrogens with zero attached hydrogens (tertiary/aromatic N) is 3. The topological polar surface area (TPSA) is 53.1 Å². The van der Waals surface area contributed by atoms with E-state index in [0.29, 0.717) is 23.7 Å². The highest BCUT2D eigenvalue weighted by atomic mass is 35.5. The first-order valence-electron chi connectivity index (χ1n) is 6.57. The first kappa shape index (κ1) is 13.6. The number of nitrogens with one attached hydrogen (secondary N) is 1. The lowest BCUT2D eigenvalue weighted by Gasteiger charge is -2.03. The molecule has 0 radical (unpaired) electrons. The van der Waals surface area contributed by atoms with Gasteiger partial charge in [-0.2, -0.15) is 5.26 Å². The van der Waals surface area contributed by atoms with Crippen molar-refractivity contribution in [3.05, 3.63) is 70.6 Å². The van der Waals surface area contributed by atoms with Crippen molar-refractivity contribution in [3.63, 3.8) is 0 Å². The van der Waals surface area contributed by atoms with Gasteiger partial charge in [-0.25, -0.2) is 4.98 Å². The van der Waals surface area contributed by atoms with E-state index in [1.165, 1.54) is 0 Å². The fourth-order valence-corrected chi connectivity index (χ4v) is 2.36. The Morgan fingerprint density at radius 1 is 1.19 bits per heavy atom. The van der Waals surface area contributed by atoms with Gasteiger partial charge in [-0.05, 0) is 29.8 Å². The van der Waals surface area contributed by atoms with E-state index in [-0.39, 0.29) is 0 Å². The zero-order valence-electron chi connectivity index (χ0n) is 11.3. The van der Waals surface area contributed by atoms with Crippen molar-refractivity contribution in [1.82, 2.24) is 14.7 Å². The Labute approximate surface area is 127 Å². The fraction of sp³-hybridized carbons (Fsp3) is 0.125. The maximum absolute atomic E-state index is 8.87. The third kappa shape index (κ3) is 3.22. The molecule has 0 amide bonds. The van der Waals surface area contributed by atoms with Crippen LogP contribution in [-0.4, -0.2) is 9.38 Å². The second-order valence-electron chi connectivity index (χ2n) is 4.76. The molecule has 1 aromatic carbocycles. The van der Waals surface area contributed by atoms with Gasteiger partial charge in [0.2, 0.25) is 0 Å². The predicted molar refractivity (Wildman–Crippen MR) is 81.9 cm³/mol. The van der Waals surface area contributed by atoms with Gasteiger partial charge in [0, 0.05) is 25.5 Å². The summed E-state index contributed by atoms with van der Waals surface area (Å²) < 4.78 is 1.91. The maximum Gasteiger partial charge on any atom is 0.137 e. The Morgan fingerprint density at radius 2 is 2.10 bits per heavy atom. The molecule has 0 fully saturated rings. The molecule has 0 aliphatic heterocycles. The molecule has 104 valence electrons. The number of pyridine rings is 1. The third-order valence-electron chi connectivity index (χ3n) is 3.16. The van der Waals surface area contributed by atoms with Crippen molar-refractivity contribution in [1.29, 1.82) is 5.26 Å². The van der Waals surface area contributed by atoms with Gasteiger partial charge in [0.15, 0.2) is 0 Å². The van der Waals surface area contributed by atoms with Crippen LogP contribution in [0.3, 0.4) is 0 Å². The average Bonchev–Trinajstić information content (AvgIpc) is 2.89. The van der Waals surface area contributed by atoms with Crippen LogP contribution in [0, 0.1) is 11.3 Å². The van der Waals surface area contributed by atoms with Crippen LogP contribution in [0.4, 0.5) is 0 Å². The molecule has 0 atom stereocenters. The van der Waals surface area contributed by atoms with E-state index in [9.17, 15) is 0 Å². The number of halogens is 1. The summed E-state index contributed by atoms with van der Waals surface area (Å²) in [7, 11) is 0. The van der Waals surface area contributed by atoms with Crippen molar-refractivity contribution >= 4 is 17.2 Å². The lowest BCUT2D eigenvalue weighted by Crippen LogP contribution is -2.12. The highest BCUT2D eigenvalue weighted by Gasteiger charge is 2.02. The minimum atomic E-state index is 0.663. The lowest BCUT2D eigenvalue weighted by molar-refractivity contribution is 0.682. The van der Waals surface area contributed by atoms with E-state index in [0.717, 1.165) is 16.9 Å². The zero-order valence-corrected chi connectivity index (χ0v) is 12.0. The van der Waals surface area contributed by atoms with Crippen molar-refractivity contribution in [2.24, 2.45) is 0 Å². The molecule has 0 unspecified atom stereocenters. The molecule has 3 rings (SSSR count). The first-order valence-corrected chi connectivity index (χ1v) is 6.95. The molecule has 0 spiro atoms. The number of benzene rings is 1. The number of rotatable bonds is 4. The molecule has 0 aliphatic carbocycles. The highest BCUT2D eigenvalue weighted by molar-refractivity contribution is 6.30. The molecule has 0 bridgehead atoms. The summed E-state index contributed by atoms with van der Waals surface area (Å²) in [6.45, 7) is 1.36. The van der Waals surface area contributed by atoms with Gasteiger partial charge in [0.1, 0.15) is 5.65 Å². The third-order valence-corrected chi connectivity index (χ3v) is 3.38. The van der Waals surface area contributed by atoms with E-state index >= 15 is 0 Å². The Kier molecular flexibility index (Phi) is 3.87. The molecule has 1 N–H and O–H groups in total. The van der Waals surface area contributed by atoms with Crippen LogP contribution >= 0.6 is 11.6 Å². The van der Waals surface area contributed by atoms with Crippen LogP contribution in [0.25, 0.3) is 5.65 Å². The number of imidazole rings is 1. The van der Waals surface area contributed by atoms with Crippen LogP contribution < -0.4 is 5.32 Å². The fourth-order valence-electron chi connectivity index (χ4n) is 2.19. The summed E-state index contributed by atoms with van der Waals surface area (Å²) in [5.41, 5.74) is 3.59. The SMILES string of the molecule is N#Cc1cccc(CNCc2cn3cc(Cl)ccc3n2)c1. The average molecular weight is 297 g/mol. The van der Waals surface area contributed by atoms with Crippen molar-refractivity contribution in [2.45, 2.75) is 13.1 Å². The summed E-state index contributed by atoms with van der Waals surface area (Å²) in [6.07, 6.45) is 3.80. The van der Waals surface area contributed by atoms with Crippen LogP contribution in [0.1, 0.15) is 16.8 Å². The Morgan fingerprint density at radius 3 is 2.95 bits per heavy atom. The molecule has 2 heterocycles. The van der Waals surface area contributed by atoms with Gasteiger partial charge in [-0.15, -0.1) is 0 Å². The molecule has 0 saturated carbocycles. The van der Waals surface area contributed by atoms with E-state index in [4.69, 9.17) is 16.9 Å². The van der Waals surface area contributed by atoms with Crippen LogP contribution in [0.2, 0.25) is 5.02 Å². The Bertz CT molecular complexity index is 817. The van der Waals surface area contributed by atoms with Gasteiger partial charge >= 0.3 is 0 Å². The summed E-state index contributed by atoms with van der Waals surface area (Å²) >= 11 is 5.95. The Balaban J connectivity index is 1.65. The van der Waals surface area contributed by atoms with E-state index in [1.54, 1.807) is 6.07 Å². The van der Waals surface area contributed by atoms with Gasteiger partial charge in [-0.1, -0.05) is 23.7 Å².